The molecule has 2 aromatic rings. The zero-order valence-electron chi connectivity index (χ0n) is 13.1. The third-order valence-corrected chi connectivity index (χ3v) is 3.49. The van der Waals surface area contributed by atoms with Crippen molar-refractivity contribution in [2.24, 2.45) is 0 Å². The number of hydrogen-bond donors (Lipinski definition) is 1. The highest BCUT2D eigenvalue weighted by atomic mass is 16.2. The summed E-state index contributed by atoms with van der Waals surface area (Å²) in [6, 6.07) is 15.0. The summed E-state index contributed by atoms with van der Waals surface area (Å²) in [6.45, 7) is 3.93. The Morgan fingerprint density at radius 2 is 1.73 bits per heavy atom. The molecule has 0 atom stereocenters. The Morgan fingerprint density at radius 3 is 2.36 bits per heavy atom. The van der Waals surface area contributed by atoms with Gasteiger partial charge in [-0.05, 0) is 37.6 Å². The molecule has 0 heterocycles. The standard InChI is InChI=1S/C18H20N2O2/c1-13-9-10-16(14(2)11-13)19-17(21)12-18(22)20(3)15-7-5-4-6-8-15/h4-11H,12H2,1-3H3,(H,19,21). The highest BCUT2D eigenvalue weighted by Gasteiger charge is 2.15. The molecule has 2 amide bonds. The van der Waals surface area contributed by atoms with Crippen molar-refractivity contribution < 1.29 is 9.59 Å². The number of carbonyl (C=O) groups is 2. The van der Waals surface area contributed by atoms with Gasteiger partial charge in [0.2, 0.25) is 11.8 Å². The molecule has 0 aliphatic rings. The van der Waals surface area contributed by atoms with Gasteiger partial charge in [0.1, 0.15) is 6.42 Å². The number of anilines is 2. The van der Waals surface area contributed by atoms with Crippen molar-refractivity contribution in [2.45, 2.75) is 20.3 Å². The molecular formula is C18H20N2O2. The SMILES string of the molecule is Cc1ccc(NC(=O)CC(=O)N(C)c2ccccc2)c(C)c1. The van der Waals surface area contributed by atoms with Crippen LogP contribution in [-0.2, 0) is 9.59 Å². The van der Waals surface area contributed by atoms with Gasteiger partial charge in [-0.25, -0.2) is 0 Å². The topological polar surface area (TPSA) is 49.4 Å². The molecule has 0 aliphatic carbocycles. The minimum absolute atomic E-state index is 0.182. The first kappa shape index (κ1) is 15.8. The molecule has 2 rings (SSSR count). The number of nitrogens with one attached hydrogen (secondary N) is 1. The fourth-order valence-electron chi connectivity index (χ4n) is 2.20. The second-order valence-corrected chi connectivity index (χ2v) is 5.33. The van der Waals surface area contributed by atoms with Crippen molar-refractivity contribution in [2.75, 3.05) is 17.3 Å². The molecular weight excluding hydrogens is 276 g/mol. The molecule has 0 radical (unpaired) electrons. The van der Waals surface area contributed by atoms with Gasteiger partial charge in [0.15, 0.2) is 0 Å². The van der Waals surface area contributed by atoms with Crippen LogP contribution in [0.5, 0.6) is 0 Å². The van der Waals surface area contributed by atoms with Crippen LogP contribution in [0.4, 0.5) is 11.4 Å². The lowest BCUT2D eigenvalue weighted by molar-refractivity contribution is -0.125. The van der Waals surface area contributed by atoms with E-state index in [0.29, 0.717) is 0 Å². The quantitative estimate of drug-likeness (QED) is 0.880. The number of benzene rings is 2. The number of amides is 2. The Kier molecular flexibility index (Phi) is 4.94. The van der Waals surface area contributed by atoms with E-state index in [1.807, 2.05) is 62.4 Å². The van der Waals surface area contributed by atoms with E-state index in [2.05, 4.69) is 5.32 Å². The lowest BCUT2D eigenvalue weighted by atomic mass is 10.1. The van der Waals surface area contributed by atoms with Crippen molar-refractivity contribution in [1.29, 1.82) is 0 Å². The van der Waals surface area contributed by atoms with Crippen LogP contribution < -0.4 is 10.2 Å². The molecule has 0 unspecified atom stereocenters. The van der Waals surface area contributed by atoms with Gasteiger partial charge < -0.3 is 10.2 Å². The molecule has 4 heteroatoms. The van der Waals surface area contributed by atoms with Gasteiger partial charge in [-0.15, -0.1) is 0 Å². The van der Waals surface area contributed by atoms with Crippen molar-refractivity contribution in [3.8, 4) is 0 Å². The molecule has 114 valence electrons. The average Bonchev–Trinajstić information content (AvgIpc) is 2.50. The number of para-hydroxylation sites is 1. The van der Waals surface area contributed by atoms with Crippen LogP contribution >= 0.6 is 0 Å². The van der Waals surface area contributed by atoms with E-state index in [1.54, 1.807) is 7.05 Å². The smallest absolute Gasteiger partial charge is 0.236 e. The summed E-state index contributed by atoms with van der Waals surface area (Å²) < 4.78 is 0. The van der Waals surface area contributed by atoms with E-state index >= 15 is 0 Å². The second kappa shape index (κ2) is 6.89. The van der Waals surface area contributed by atoms with Crippen LogP contribution in [-0.4, -0.2) is 18.9 Å². The third-order valence-electron chi connectivity index (χ3n) is 3.49. The Bertz CT molecular complexity index is 681. The lowest BCUT2D eigenvalue weighted by Gasteiger charge is -2.17. The summed E-state index contributed by atoms with van der Waals surface area (Å²) >= 11 is 0. The summed E-state index contributed by atoms with van der Waals surface area (Å²) in [6.07, 6.45) is -0.182. The Morgan fingerprint density at radius 1 is 1.05 bits per heavy atom. The lowest BCUT2D eigenvalue weighted by Crippen LogP contribution is -2.30. The maximum Gasteiger partial charge on any atom is 0.236 e. The zero-order valence-corrected chi connectivity index (χ0v) is 13.1. The second-order valence-electron chi connectivity index (χ2n) is 5.33. The molecule has 0 spiro atoms. The minimum Gasteiger partial charge on any atom is -0.325 e. The van der Waals surface area contributed by atoms with Crippen molar-refractivity contribution in [1.82, 2.24) is 0 Å². The van der Waals surface area contributed by atoms with E-state index in [1.165, 1.54) is 4.90 Å². The molecule has 0 fully saturated rings. The van der Waals surface area contributed by atoms with Crippen LogP contribution in [0.1, 0.15) is 17.5 Å². The highest BCUT2D eigenvalue weighted by Crippen LogP contribution is 2.17. The maximum atomic E-state index is 12.1. The van der Waals surface area contributed by atoms with Crippen LogP contribution in [0.3, 0.4) is 0 Å². The molecule has 0 saturated carbocycles. The van der Waals surface area contributed by atoms with Gasteiger partial charge in [-0.3, -0.25) is 9.59 Å². The van der Waals surface area contributed by atoms with Crippen molar-refractivity contribution >= 4 is 23.2 Å². The number of carbonyl (C=O) groups excluding carboxylic acids is 2. The molecule has 22 heavy (non-hydrogen) atoms. The Hall–Kier alpha value is -2.62. The van der Waals surface area contributed by atoms with Crippen LogP contribution in [0, 0.1) is 13.8 Å². The fraction of sp³-hybridized carbons (Fsp3) is 0.222. The minimum atomic E-state index is -0.306. The van der Waals surface area contributed by atoms with Crippen LogP contribution in [0.25, 0.3) is 0 Å². The fourth-order valence-corrected chi connectivity index (χ4v) is 2.20. The monoisotopic (exact) mass is 296 g/mol. The summed E-state index contributed by atoms with van der Waals surface area (Å²) in [5, 5.41) is 2.79. The number of rotatable bonds is 4. The highest BCUT2D eigenvalue weighted by molar-refractivity contribution is 6.09. The van der Waals surface area contributed by atoms with E-state index in [0.717, 1.165) is 22.5 Å². The number of nitrogens with zero attached hydrogens (tertiary/aromatic N) is 1. The summed E-state index contributed by atoms with van der Waals surface area (Å²) in [5.41, 5.74) is 3.63. The predicted octanol–water partition coefficient (Wildman–Crippen LogP) is 3.30. The number of aryl methyl sites for hydroxylation is 2. The van der Waals surface area contributed by atoms with Crippen LogP contribution in [0.2, 0.25) is 0 Å². The molecule has 0 saturated heterocycles. The Labute approximate surface area is 130 Å². The van der Waals surface area contributed by atoms with E-state index in [-0.39, 0.29) is 18.2 Å². The van der Waals surface area contributed by atoms with E-state index in [4.69, 9.17) is 0 Å². The molecule has 0 aromatic heterocycles. The van der Waals surface area contributed by atoms with E-state index in [9.17, 15) is 9.59 Å². The normalized spacial score (nSPS) is 10.1. The molecule has 4 nitrogen and oxygen atoms in total. The van der Waals surface area contributed by atoms with Gasteiger partial charge >= 0.3 is 0 Å². The number of hydrogen-bond acceptors (Lipinski definition) is 2. The molecule has 2 aromatic carbocycles. The van der Waals surface area contributed by atoms with Gasteiger partial charge in [-0.2, -0.15) is 0 Å². The van der Waals surface area contributed by atoms with Crippen molar-refractivity contribution in [3.63, 3.8) is 0 Å². The van der Waals surface area contributed by atoms with Crippen LogP contribution in [0.15, 0.2) is 48.5 Å². The first-order chi connectivity index (χ1) is 10.5. The Balaban J connectivity index is 1.98. The van der Waals surface area contributed by atoms with Gasteiger partial charge in [0.05, 0.1) is 0 Å². The summed E-state index contributed by atoms with van der Waals surface area (Å²) in [4.78, 5) is 25.7. The summed E-state index contributed by atoms with van der Waals surface area (Å²) in [5.74, 6) is -0.548. The maximum absolute atomic E-state index is 12.1. The zero-order chi connectivity index (χ0) is 16.1. The first-order valence-electron chi connectivity index (χ1n) is 7.16. The first-order valence-corrected chi connectivity index (χ1v) is 7.16. The molecule has 0 aliphatic heterocycles. The molecule has 1 N–H and O–H groups in total. The van der Waals surface area contributed by atoms with Gasteiger partial charge in [0.25, 0.3) is 0 Å². The molecule has 0 bridgehead atoms. The van der Waals surface area contributed by atoms with Gasteiger partial charge in [0, 0.05) is 18.4 Å². The van der Waals surface area contributed by atoms with Gasteiger partial charge in [-0.1, -0.05) is 35.9 Å². The largest absolute Gasteiger partial charge is 0.325 e. The van der Waals surface area contributed by atoms with Crippen molar-refractivity contribution in [3.05, 3.63) is 59.7 Å². The summed E-state index contributed by atoms with van der Waals surface area (Å²) in [7, 11) is 1.67. The van der Waals surface area contributed by atoms with E-state index < -0.39 is 0 Å². The average molecular weight is 296 g/mol. The third kappa shape index (κ3) is 3.95. The predicted molar refractivity (Wildman–Crippen MR) is 89.0 cm³/mol.